The van der Waals surface area contributed by atoms with Gasteiger partial charge < -0.3 is 12.9 Å². The van der Waals surface area contributed by atoms with Crippen LogP contribution >= 0.6 is 0 Å². The molecular formula is C10H20N5Na. The van der Waals surface area contributed by atoms with Crippen molar-refractivity contribution in [3.8, 4) is 0 Å². The number of unbranched alkanes of at least 4 members (excludes halogenated alkanes) is 2. The van der Waals surface area contributed by atoms with Crippen molar-refractivity contribution in [1.29, 1.82) is 0 Å². The molecule has 1 aromatic heterocycles. The van der Waals surface area contributed by atoms with E-state index < -0.39 is 0 Å². The van der Waals surface area contributed by atoms with Gasteiger partial charge in [-0.2, -0.15) is 0 Å². The minimum absolute atomic E-state index is 0. The molecule has 0 aliphatic rings. The Labute approximate surface area is 121 Å². The van der Waals surface area contributed by atoms with E-state index in [1.165, 1.54) is 12.8 Å². The molecule has 0 bridgehead atoms. The SMILES string of the molecule is CCCCCN=C(N)N.[H-].[Na+].c1cnccn1. The van der Waals surface area contributed by atoms with Crippen molar-refractivity contribution in [2.75, 3.05) is 6.54 Å². The summed E-state index contributed by atoms with van der Waals surface area (Å²) in [7, 11) is 0. The summed E-state index contributed by atoms with van der Waals surface area (Å²) < 4.78 is 0. The fourth-order valence-electron chi connectivity index (χ4n) is 0.823. The van der Waals surface area contributed by atoms with Crippen molar-refractivity contribution in [3.63, 3.8) is 0 Å². The third-order valence-corrected chi connectivity index (χ3v) is 1.53. The van der Waals surface area contributed by atoms with Gasteiger partial charge in [-0.3, -0.25) is 15.0 Å². The van der Waals surface area contributed by atoms with E-state index in [1.54, 1.807) is 24.8 Å². The molecule has 0 saturated carbocycles. The van der Waals surface area contributed by atoms with Crippen LogP contribution in [0, 0.1) is 0 Å². The molecule has 16 heavy (non-hydrogen) atoms. The van der Waals surface area contributed by atoms with Gasteiger partial charge >= 0.3 is 29.6 Å². The summed E-state index contributed by atoms with van der Waals surface area (Å²) in [6, 6.07) is 0. The van der Waals surface area contributed by atoms with Crippen LogP contribution < -0.4 is 41.0 Å². The Morgan fingerprint density at radius 2 is 1.62 bits per heavy atom. The molecule has 86 valence electrons. The number of nitrogens with zero attached hydrogens (tertiary/aromatic N) is 3. The molecule has 4 N–H and O–H groups in total. The van der Waals surface area contributed by atoms with Crippen LogP contribution in [0.4, 0.5) is 0 Å². The number of hydrogen-bond donors (Lipinski definition) is 2. The number of aromatic nitrogens is 2. The van der Waals surface area contributed by atoms with Gasteiger partial charge in [-0.1, -0.05) is 19.8 Å². The molecule has 5 nitrogen and oxygen atoms in total. The second-order valence-electron chi connectivity index (χ2n) is 2.91. The first-order chi connectivity index (χ1) is 7.27. The van der Waals surface area contributed by atoms with Crippen molar-refractivity contribution < 1.29 is 31.0 Å². The first-order valence-electron chi connectivity index (χ1n) is 5.02. The van der Waals surface area contributed by atoms with Gasteiger partial charge in [0.15, 0.2) is 5.96 Å². The maximum Gasteiger partial charge on any atom is 1.00 e. The summed E-state index contributed by atoms with van der Waals surface area (Å²) in [6.07, 6.45) is 10.1. The van der Waals surface area contributed by atoms with Crippen LogP contribution in [0.5, 0.6) is 0 Å². The van der Waals surface area contributed by atoms with Gasteiger partial charge in [-0.15, -0.1) is 0 Å². The Bertz CT molecular complexity index is 227. The van der Waals surface area contributed by atoms with Gasteiger partial charge in [0.2, 0.25) is 0 Å². The molecule has 0 aromatic carbocycles. The zero-order valence-corrected chi connectivity index (χ0v) is 12.1. The van der Waals surface area contributed by atoms with E-state index in [1.807, 2.05) is 0 Å². The van der Waals surface area contributed by atoms with Gasteiger partial charge in [-0.25, -0.2) is 0 Å². The Morgan fingerprint density at radius 3 is 1.94 bits per heavy atom. The van der Waals surface area contributed by atoms with Crippen LogP contribution in [0.2, 0.25) is 0 Å². The number of aliphatic imine (C=N–C) groups is 1. The van der Waals surface area contributed by atoms with Crippen molar-refractivity contribution in [3.05, 3.63) is 24.8 Å². The van der Waals surface area contributed by atoms with Crippen molar-refractivity contribution in [1.82, 2.24) is 9.97 Å². The molecule has 0 spiro atoms. The molecule has 0 atom stereocenters. The molecular weight excluding hydrogens is 213 g/mol. The smallest absolute Gasteiger partial charge is 1.00 e. The molecule has 0 aliphatic heterocycles. The predicted octanol–water partition coefficient (Wildman–Crippen LogP) is -1.96. The van der Waals surface area contributed by atoms with Crippen LogP contribution in [0.15, 0.2) is 29.8 Å². The number of nitrogens with two attached hydrogens (primary N) is 2. The first kappa shape index (κ1) is 17.7. The molecule has 0 radical (unpaired) electrons. The van der Waals surface area contributed by atoms with Gasteiger partial charge in [0.1, 0.15) is 0 Å². The third-order valence-electron chi connectivity index (χ3n) is 1.53. The zero-order chi connectivity index (χ0) is 11.4. The Morgan fingerprint density at radius 1 is 1.12 bits per heavy atom. The molecule has 1 aromatic rings. The van der Waals surface area contributed by atoms with Crippen LogP contribution in [0.3, 0.4) is 0 Å². The normalized spacial score (nSPS) is 8.06. The maximum atomic E-state index is 5.10. The summed E-state index contributed by atoms with van der Waals surface area (Å²) in [5.41, 5.74) is 10.2. The van der Waals surface area contributed by atoms with Gasteiger partial charge in [-0.05, 0) is 6.42 Å². The summed E-state index contributed by atoms with van der Waals surface area (Å²) in [5.74, 6) is 0.200. The summed E-state index contributed by atoms with van der Waals surface area (Å²) in [4.78, 5) is 11.3. The maximum absolute atomic E-state index is 5.10. The Balaban J connectivity index is -0.000000216. The average Bonchev–Trinajstić information content (AvgIpc) is 2.28. The van der Waals surface area contributed by atoms with E-state index in [0.717, 1.165) is 13.0 Å². The van der Waals surface area contributed by atoms with Gasteiger partial charge in [0.05, 0.1) is 0 Å². The van der Waals surface area contributed by atoms with E-state index in [9.17, 15) is 0 Å². The number of guanidine groups is 1. The van der Waals surface area contributed by atoms with Crippen LogP contribution in [0.25, 0.3) is 0 Å². The fourth-order valence-corrected chi connectivity index (χ4v) is 0.823. The van der Waals surface area contributed by atoms with E-state index in [4.69, 9.17) is 11.5 Å². The molecule has 0 aliphatic carbocycles. The number of rotatable bonds is 4. The fraction of sp³-hybridized carbons (Fsp3) is 0.500. The molecule has 0 unspecified atom stereocenters. The topological polar surface area (TPSA) is 90.2 Å². The van der Waals surface area contributed by atoms with Crippen molar-refractivity contribution in [2.45, 2.75) is 26.2 Å². The molecule has 0 amide bonds. The molecule has 0 fully saturated rings. The van der Waals surface area contributed by atoms with Crippen molar-refractivity contribution >= 4 is 5.96 Å². The van der Waals surface area contributed by atoms with Gasteiger partial charge in [0, 0.05) is 31.3 Å². The van der Waals surface area contributed by atoms with Crippen LogP contribution in [-0.2, 0) is 0 Å². The molecule has 1 heterocycles. The van der Waals surface area contributed by atoms with Crippen LogP contribution in [0.1, 0.15) is 27.6 Å². The third kappa shape index (κ3) is 15.8. The number of hydrogen-bond acceptors (Lipinski definition) is 3. The largest absolute Gasteiger partial charge is 1.00 e. The zero-order valence-electron chi connectivity index (χ0n) is 11.1. The summed E-state index contributed by atoms with van der Waals surface area (Å²) in [6.45, 7) is 2.92. The quantitative estimate of drug-likeness (QED) is 0.273. The van der Waals surface area contributed by atoms with E-state index >= 15 is 0 Å². The van der Waals surface area contributed by atoms with E-state index in [2.05, 4.69) is 21.9 Å². The minimum atomic E-state index is 0. The monoisotopic (exact) mass is 233 g/mol. The predicted molar refractivity (Wildman–Crippen MR) is 63.3 cm³/mol. The van der Waals surface area contributed by atoms with Crippen molar-refractivity contribution in [2.24, 2.45) is 16.5 Å². The van der Waals surface area contributed by atoms with Crippen LogP contribution in [-0.4, -0.2) is 22.5 Å². The molecule has 1 rings (SSSR count). The second kappa shape index (κ2) is 14.3. The first-order valence-corrected chi connectivity index (χ1v) is 5.02. The second-order valence-corrected chi connectivity index (χ2v) is 2.91. The minimum Gasteiger partial charge on any atom is -1.00 e. The Kier molecular flexibility index (Phi) is 15.9. The summed E-state index contributed by atoms with van der Waals surface area (Å²) >= 11 is 0. The standard InChI is InChI=1S/C6H15N3.C4H4N2.Na.H/c1-2-3-4-5-9-6(7)8;1-2-6-4-3-5-1;;/h2-5H2,1H3,(H4,7,8,9);1-4H;;/q;;+1;-1. The Hall–Kier alpha value is -0.650. The molecule has 6 heteroatoms. The molecule has 0 saturated heterocycles. The van der Waals surface area contributed by atoms with E-state index in [-0.39, 0.29) is 36.9 Å². The average molecular weight is 233 g/mol. The summed E-state index contributed by atoms with van der Waals surface area (Å²) in [5, 5.41) is 0. The van der Waals surface area contributed by atoms with E-state index in [0.29, 0.717) is 0 Å². The van der Waals surface area contributed by atoms with Gasteiger partial charge in [0.25, 0.3) is 0 Å².